The minimum atomic E-state index is -0.455. The number of rotatable bonds is 3. The van der Waals surface area contributed by atoms with Crippen molar-refractivity contribution in [3.8, 4) is 23.0 Å². The summed E-state index contributed by atoms with van der Waals surface area (Å²) in [6.45, 7) is 6.96. The van der Waals surface area contributed by atoms with E-state index in [1.54, 1.807) is 27.4 Å². The van der Waals surface area contributed by atoms with Crippen molar-refractivity contribution in [3.05, 3.63) is 152 Å². The molecule has 5 heterocycles. The number of aromatic hydroxyl groups is 1. The largest absolute Gasteiger partial charge is 0.534 e. The van der Waals surface area contributed by atoms with Crippen molar-refractivity contribution in [2.75, 3.05) is 82.2 Å². The zero-order chi connectivity index (χ0) is 62.3. The van der Waals surface area contributed by atoms with Gasteiger partial charge in [-0.15, -0.1) is 104 Å². The minimum absolute atomic E-state index is 0. The van der Waals surface area contributed by atoms with Crippen molar-refractivity contribution in [2.45, 2.75) is 157 Å². The molecule has 5 aromatic rings. The Morgan fingerprint density at radius 3 is 1.09 bits per heavy atom. The number of ether oxygens (including phenoxy) is 3. The fraction of sp³-hybridized carbons (Fsp3) is 0.559. The van der Waals surface area contributed by atoms with Crippen LogP contribution in [0.3, 0.4) is 0 Å². The molecular formula is C68H86N5O4S5W5-5. The van der Waals surface area contributed by atoms with Gasteiger partial charge in [-0.2, -0.15) is 111 Å². The SMILES string of the molecule is [3H]C1[C@@H]2Cc3ccc(C)[c-]c3[C@@]1(S)CCN2C.[3H]C1[C@@H]2Cc3ccc(O)[c-]c3[C@@]1(S)CCN2C.[3H]C1[C@@H]2Cc3ccc(OC)[c-]c3[C@@]1(S)CCN2.[3H]C1[C@@H]2Cc3ccc(OC)[c-]c3[C@@]1(S)CCN2C.[3H]C1[C@@H]2Cc3ccc(OC)[c-]c3[C@@]1(S)CCN2C.[W].[W].[W].[W].[W]. The average Bonchev–Trinajstić information content (AvgIpc) is 0.798. The molecule has 5 fully saturated rings. The van der Waals surface area contributed by atoms with Gasteiger partial charge in [0, 0.05) is 189 Å². The molecule has 0 aromatic heterocycles. The van der Waals surface area contributed by atoms with Crippen molar-refractivity contribution in [1.82, 2.24) is 24.9 Å². The molecule has 472 valence electrons. The molecule has 15 rings (SSSR count). The second-order valence-electron chi connectivity index (χ2n) is 24.5. The Kier molecular flexibility index (Phi) is 24.8. The molecule has 5 unspecified atom stereocenters. The average molecular weight is 2130 g/mol. The van der Waals surface area contributed by atoms with Gasteiger partial charge in [0.2, 0.25) is 0 Å². The van der Waals surface area contributed by atoms with Gasteiger partial charge in [0.1, 0.15) is 0 Å². The summed E-state index contributed by atoms with van der Waals surface area (Å²) in [5, 5.41) is 13.0. The van der Waals surface area contributed by atoms with Crippen LogP contribution in [0.2, 0.25) is 0 Å². The molecule has 5 aliphatic heterocycles. The number of piperidine rings is 5. The smallest absolute Gasteiger partial charge is 0.0743 e. The molecule has 5 saturated heterocycles. The number of phenols is 1. The first-order valence-corrected chi connectivity index (χ1v) is 31.4. The Morgan fingerprint density at radius 2 is 0.736 bits per heavy atom. The first-order valence-electron chi connectivity index (χ1n) is 32.0. The number of phenolic OH excluding ortho intramolecular Hbond substituents is 1. The van der Waals surface area contributed by atoms with Crippen molar-refractivity contribution in [1.29, 1.82) is 0 Å². The topological polar surface area (TPSA) is 72.9 Å². The maximum atomic E-state index is 9.58. The van der Waals surface area contributed by atoms with Crippen LogP contribution in [0.15, 0.2) is 60.7 Å². The van der Waals surface area contributed by atoms with Gasteiger partial charge in [-0.05, 0) is 125 Å². The first-order chi connectivity index (χ1) is 41.3. The van der Waals surface area contributed by atoms with E-state index in [9.17, 15) is 5.11 Å². The number of benzene rings is 5. The monoisotopic (exact) mass is 2130 g/mol. The van der Waals surface area contributed by atoms with Crippen LogP contribution in [0.4, 0.5) is 0 Å². The summed E-state index contributed by atoms with van der Waals surface area (Å²) in [4.78, 5) is 9.15. The Bertz CT molecular complexity index is 3200. The Morgan fingerprint density at radius 1 is 0.437 bits per heavy atom. The first kappa shape index (κ1) is 68.7. The summed E-state index contributed by atoms with van der Waals surface area (Å²) in [6, 6.07) is 37.8. The van der Waals surface area contributed by atoms with Gasteiger partial charge in [-0.1, -0.05) is 39.0 Å². The fourth-order valence-electron chi connectivity index (χ4n) is 14.1. The molecule has 10 aliphatic rings. The molecule has 5 aromatic carbocycles. The zero-order valence-corrected chi connectivity index (χ0v) is 70.0. The number of likely N-dealkylation sites (tertiary alicyclic amines) is 4. The van der Waals surface area contributed by atoms with Gasteiger partial charge in [-0.3, -0.25) is 0 Å². The maximum absolute atomic E-state index is 9.58. The number of nitrogens with one attached hydrogen (secondary N) is 1. The predicted molar refractivity (Wildman–Crippen MR) is 348 cm³/mol. The van der Waals surface area contributed by atoms with Crippen LogP contribution in [0, 0.1) is 37.3 Å². The standard InChI is InChI=1S/2C14H18NOS.C14H18NS.2C13H16NOS.5W/c2*1-15-6-5-14(17)9-11(15)7-10-3-4-12(16-2)8-13(10)14;1-10-3-4-11-8-12-9-14(16,13(11)7-10)5-6-15(12)2;1-15-11-3-2-9-6-10-8-13(16,4-5-14-10)12(9)7-11;1-14-5-4-13(16)8-10(14)6-9-2-3-11(15)7-12(9)13;;;;;/h2*3-4,11,17H,5-7,9H2,1-2H3;3-4,12,16H,5-6,8-9H2,1-2H3;2-3,10,14,16H,4-6,8H2,1H3;2-3,10,15-16H,4-6,8H2,1H3;;;;;/q5*-1;;;;;/t2*11-,14+;12-,14+;2*10-,13+;;;;;/m00000...../s1/i3*9T;2*8T;;;;;/t2*9?,11-,14+;9?,12-,14+;2*8?,10-,13+;;;;;. The Labute approximate surface area is 627 Å². The summed E-state index contributed by atoms with van der Waals surface area (Å²) >= 11 is 24.2. The molecular weight excluding hydrogens is 2030 g/mol. The summed E-state index contributed by atoms with van der Waals surface area (Å²) in [5.74, 6) is 2.38. The van der Waals surface area contributed by atoms with E-state index in [2.05, 4.69) is 121 Å². The molecule has 5 aliphatic carbocycles. The van der Waals surface area contributed by atoms with Crippen LogP contribution in [0.5, 0.6) is 23.0 Å². The van der Waals surface area contributed by atoms with E-state index in [1.807, 2.05) is 24.3 Å². The number of nitrogens with zero attached hydrogens (tertiary/aromatic N) is 4. The second kappa shape index (κ2) is 31.4. The maximum Gasteiger partial charge on any atom is 0.0743 e. The van der Waals surface area contributed by atoms with E-state index in [-0.39, 0.29) is 186 Å². The molecule has 0 radical (unpaired) electrons. The molecule has 87 heavy (non-hydrogen) atoms. The Balaban J connectivity index is 0.000000180. The van der Waals surface area contributed by atoms with Gasteiger partial charge in [0.05, 0.1) is 21.3 Å². The number of aryl methyl sites for hydroxylation is 1. The number of hydrogen-bond donors (Lipinski definition) is 7. The predicted octanol–water partition coefficient (Wildman–Crippen LogP) is 11.0. The van der Waals surface area contributed by atoms with Crippen LogP contribution < -0.4 is 19.5 Å². The van der Waals surface area contributed by atoms with Crippen LogP contribution >= 0.6 is 63.1 Å². The number of methoxy groups -OCH3 is 3. The van der Waals surface area contributed by atoms with Crippen molar-refractivity contribution >= 4 is 63.1 Å². The normalized spacial score (nSPS) is 35.8. The molecule has 9 nitrogen and oxygen atoms in total. The van der Waals surface area contributed by atoms with Crippen LogP contribution in [-0.4, -0.2) is 137 Å². The van der Waals surface area contributed by atoms with Gasteiger partial charge in [-0.25, -0.2) is 0 Å². The van der Waals surface area contributed by atoms with E-state index < -0.39 is 4.75 Å². The van der Waals surface area contributed by atoms with Gasteiger partial charge >= 0.3 is 0 Å². The molecule has 0 saturated carbocycles. The second-order valence-corrected chi connectivity index (χ2v) is 28.5. The van der Waals surface area contributed by atoms with Crippen molar-refractivity contribution in [2.24, 2.45) is 0 Å². The van der Waals surface area contributed by atoms with Crippen LogP contribution in [0.25, 0.3) is 0 Å². The molecule has 0 amide bonds. The fourth-order valence-corrected chi connectivity index (χ4v) is 16.4. The summed E-state index contributed by atoms with van der Waals surface area (Å²) < 4.78 is 56.1. The third-order valence-electron chi connectivity index (χ3n) is 19.1. The van der Waals surface area contributed by atoms with Crippen LogP contribution in [-0.2, 0) is 161 Å². The van der Waals surface area contributed by atoms with E-state index in [4.69, 9.17) is 84.2 Å². The minimum Gasteiger partial charge on any atom is -0.534 e. The van der Waals surface area contributed by atoms with Crippen LogP contribution in [0.1, 0.15) is 132 Å². The summed E-state index contributed by atoms with van der Waals surface area (Å²) in [7, 11) is 13.4. The molecule has 19 heteroatoms. The molecule has 0 spiro atoms. The molecule has 10 bridgehead atoms. The number of thiol groups is 5. The van der Waals surface area contributed by atoms with Crippen molar-refractivity contribution < 1.29 is 131 Å². The van der Waals surface area contributed by atoms with E-state index >= 15 is 0 Å². The number of likely N-dealkylation sites (N-methyl/N-ethyl adjacent to an activating group) is 4. The van der Waals surface area contributed by atoms with Gasteiger partial charge < -0.3 is 44.2 Å². The summed E-state index contributed by atoms with van der Waals surface area (Å²) in [6.07, 6.45) is 8.01. The summed E-state index contributed by atoms with van der Waals surface area (Å²) in [5.41, 5.74) is 12.8. The molecule has 15 atom stereocenters. The van der Waals surface area contributed by atoms with Gasteiger partial charge in [0.15, 0.2) is 0 Å². The van der Waals surface area contributed by atoms with Crippen molar-refractivity contribution in [3.63, 3.8) is 0 Å². The van der Waals surface area contributed by atoms with E-state index in [0.717, 1.165) is 142 Å². The Hall–Kier alpha value is 0.292. The number of fused-ring (bicyclic) bond motifs is 20. The third kappa shape index (κ3) is 16.4. The van der Waals surface area contributed by atoms with E-state index in [1.165, 1.54) is 33.4 Å². The molecule has 2 N–H and O–H groups in total. The van der Waals surface area contributed by atoms with Gasteiger partial charge in [0.25, 0.3) is 0 Å². The van der Waals surface area contributed by atoms with E-state index in [0.29, 0.717) is 6.04 Å². The quantitative estimate of drug-likeness (QED) is 0.0707. The zero-order valence-electron chi connectivity index (χ0n) is 55.9. The third-order valence-corrected chi connectivity index (χ3v) is 22.1. The number of hydrogen-bond acceptors (Lipinski definition) is 14.